The summed E-state index contributed by atoms with van der Waals surface area (Å²) in [6.07, 6.45) is -2.38. The van der Waals surface area contributed by atoms with Gasteiger partial charge in [0.05, 0.1) is 12.7 Å². The SMILES string of the molecule is FC(F)(F)c1n[nH]c2c1CN(Cc1ccno1)CC2. The number of rotatable bonds is 2. The molecule has 3 heterocycles. The van der Waals surface area contributed by atoms with Gasteiger partial charge < -0.3 is 4.52 Å². The van der Waals surface area contributed by atoms with Crippen molar-refractivity contribution in [1.82, 2.24) is 20.3 Å². The predicted octanol–water partition coefficient (Wildman–Crippen LogP) is 1.97. The molecule has 0 atom stereocenters. The maximum Gasteiger partial charge on any atom is 0.435 e. The molecule has 0 unspecified atom stereocenters. The summed E-state index contributed by atoms with van der Waals surface area (Å²) >= 11 is 0. The topological polar surface area (TPSA) is 58.0 Å². The summed E-state index contributed by atoms with van der Waals surface area (Å²) in [5, 5.41) is 9.45. The van der Waals surface area contributed by atoms with Crippen molar-refractivity contribution in [3.05, 3.63) is 35.0 Å². The zero-order valence-electron chi connectivity index (χ0n) is 9.87. The summed E-state index contributed by atoms with van der Waals surface area (Å²) in [7, 11) is 0. The Kier molecular flexibility index (Phi) is 2.81. The van der Waals surface area contributed by atoms with Gasteiger partial charge in [0.2, 0.25) is 0 Å². The summed E-state index contributed by atoms with van der Waals surface area (Å²) < 4.78 is 43.3. The predicted molar refractivity (Wildman–Crippen MR) is 57.9 cm³/mol. The van der Waals surface area contributed by atoms with E-state index in [2.05, 4.69) is 15.4 Å². The molecule has 0 saturated heterocycles. The van der Waals surface area contributed by atoms with Gasteiger partial charge in [-0.05, 0) is 0 Å². The van der Waals surface area contributed by atoms with Crippen LogP contribution in [0, 0.1) is 0 Å². The van der Waals surface area contributed by atoms with Gasteiger partial charge in [-0.2, -0.15) is 18.3 Å². The third-order valence-corrected chi connectivity index (χ3v) is 3.15. The van der Waals surface area contributed by atoms with Crippen LogP contribution in [0.25, 0.3) is 0 Å². The fraction of sp³-hybridized carbons (Fsp3) is 0.455. The molecular weight excluding hydrogens is 261 g/mol. The lowest BCUT2D eigenvalue weighted by Gasteiger charge is -2.26. The quantitative estimate of drug-likeness (QED) is 0.908. The molecule has 8 heteroatoms. The first-order chi connectivity index (χ1) is 9.04. The first-order valence-corrected chi connectivity index (χ1v) is 5.79. The Labute approximate surface area is 106 Å². The van der Waals surface area contributed by atoms with Crippen molar-refractivity contribution < 1.29 is 17.7 Å². The molecule has 3 rings (SSSR count). The lowest BCUT2D eigenvalue weighted by atomic mass is 10.0. The van der Waals surface area contributed by atoms with Gasteiger partial charge in [0, 0.05) is 36.8 Å². The number of alkyl halides is 3. The van der Waals surface area contributed by atoms with Gasteiger partial charge in [-0.3, -0.25) is 10.00 Å². The van der Waals surface area contributed by atoms with Gasteiger partial charge in [0.25, 0.3) is 0 Å². The van der Waals surface area contributed by atoms with E-state index in [1.807, 2.05) is 4.90 Å². The average molecular weight is 272 g/mol. The van der Waals surface area contributed by atoms with Crippen LogP contribution >= 0.6 is 0 Å². The maximum absolute atomic E-state index is 12.8. The van der Waals surface area contributed by atoms with Crippen LogP contribution in [0.15, 0.2) is 16.8 Å². The molecule has 0 saturated carbocycles. The molecule has 0 spiro atoms. The molecule has 1 aliphatic rings. The number of aromatic nitrogens is 3. The number of halogens is 3. The summed E-state index contributed by atoms with van der Waals surface area (Å²) in [6.45, 7) is 1.32. The fourth-order valence-electron chi connectivity index (χ4n) is 2.26. The summed E-state index contributed by atoms with van der Waals surface area (Å²) in [5.74, 6) is 0.639. The third-order valence-electron chi connectivity index (χ3n) is 3.15. The van der Waals surface area contributed by atoms with Crippen LogP contribution in [0.5, 0.6) is 0 Å². The Balaban J connectivity index is 1.80. The van der Waals surface area contributed by atoms with Crippen molar-refractivity contribution in [2.24, 2.45) is 0 Å². The molecule has 1 N–H and O–H groups in total. The van der Waals surface area contributed by atoms with Gasteiger partial charge in [-0.1, -0.05) is 5.16 Å². The second-order valence-corrected chi connectivity index (χ2v) is 4.47. The van der Waals surface area contributed by atoms with Crippen molar-refractivity contribution in [2.45, 2.75) is 25.7 Å². The first-order valence-electron chi connectivity index (χ1n) is 5.79. The minimum atomic E-state index is -4.42. The maximum atomic E-state index is 12.8. The first kappa shape index (κ1) is 12.2. The van der Waals surface area contributed by atoms with Crippen LogP contribution in [0.3, 0.4) is 0 Å². The van der Waals surface area contributed by atoms with Gasteiger partial charge in [0.1, 0.15) is 0 Å². The second-order valence-electron chi connectivity index (χ2n) is 4.47. The summed E-state index contributed by atoms with van der Waals surface area (Å²) in [5.41, 5.74) is -0.0100. The Bertz CT molecular complexity index is 561. The van der Waals surface area contributed by atoms with Crippen molar-refractivity contribution in [3.8, 4) is 0 Å². The van der Waals surface area contributed by atoms with Crippen LogP contribution < -0.4 is 0 Å². The van der Waals surface area contributed by atoms with E-state index in [9.17, 15) is 13.2 Å². The molecule has 0 aliphatic carbocycles. The summed E-state index contributed by atoms with van der Waals surface area (Å²) in [6, 6.07) is 1.70. The Hall–Kier alpha value is -1.83. The molecule has 1 aliphatic heterocycles. The smallest absolute Gasteiger partial charge is 0.360 e. The molecule has 0 radical (unpaired) electrons. The normalized spacial score (nSPS) is 16.6. The molecular formula is C11H11F3N4O. The third kappa shape index (κ3) is 2.35. The lowest BCUT2D eigenvalue weighted by molar-refractivity contribution is -0.142. The monoisotopic (exact) mass is 272 g/mol. The number of H-pyrrole nitrogens is 1. The molecule has 0 amide bonds. The van der Waals surface area contributed by atoms with E-state index < -0.39 is 11.9 Å². The number of hydrogen-bond donors (Lipinski definition) is 1. The van der Waals surface area contributed by atoms with E-state index in [1.165, 1.54) is 6.20 Å². The van der Waals surface area contributed by atoms with Gasteiger partial charge >= 0.3 is 6.18 Å². The van der Waals surface area contributed by atoms with E-state index in [0.29, 0.717) is 31.0 Å². The zero-order valence-corrected chi connectivity index (χ0v) is 9.87. The highest BCUT2D eigenvalue weighted by Crippen LogP contribution is 2.34. The largest absolute Gasteiger partial charge is 0.435 e. The van der Waals surface area contributed by atoms with Gasteiger partial charge in [-0.15, -0.1) is 0 Å². The standard InChI is InChI=1S/C11H11F3N4O/c12-11(13,14)10-8-6-18(4-2-9(8)16-17-10)5-7-1-3-15-19-7/h1,3H,2,4-6H2,(H,16,17). The molecule has 0 fully saturated rings. The molecule has 2 aromatic rings. The molecule has 19 heavy (non-hydrogen) atoms. The zero-order chi connectivity index (χ0) is 13.5. The fourth-order valence-corrected chi connectivity index (χ4v) is 2.26. The van der Waals surface area contributed by atoms with E-state index in [1.54, 1.807) is 6.07 Å². The van der Waals surface area contributed by atoms with E-state index >= 15 is 0 Å². The minimum absolute atomic E-state index is 0.210. The highest BCUT2D eigenvalue weighted by Gasteiger charge is 2.39. The van der Waals surface area contributed by atoms with Crippen LogP contribution in [0.4, 0.5) is 13.2 Å². The molecule has 2 aromatic heterocycles. The Morgan fingerprint density at radius 3 is 2.95 bits per heavy atom. The van der Waals surface area contributed by atoms with Gasteiger partial charge in [0.15, 0.2) is 11.5 Å². The van der Waals surface area contributed by atoms with E-state index in [-0.39, 0.29) is 12.1 Å². The molecule has 5 nitrogen and oxygen atoms in total. The second kappa shape index (κ2) is 4.37. The van der Waals surface area contributed by atoms with Crippen LogP contribution in [-0.4, -0.2) is 26.8 Å². The molecule has 102 valence electrons. The van der Waals surface area contributed by atoms with Crippen LogP contribution in [0.2, 0.25) is 0 Å². The van der Waals surface area contributed by atoms with E-state index in [0.717, 1.165) is 0 Å². The average Bonchev–Trinajstić information content (AvgIpc) is 2.95. The number of hydrogen-bond acceptors (Lipinski definition) is 4. The van der Waals surface area contributed by atoms with Crippen LogP contribution in [0.1, 0.15) is 22.7 Å². The Morgan fingerprint density at radius 1 is 1.42 bits per heavy atom. The lowest BCUT2D eigenvalue weighted by Crippen LogP contribution is -2.30. The van der Waals surface area contributed by atoms with Crippen LogP contribution in [-0.2, 0) is 25.7 Å². The van der Waals surface area contributed by atoms with E-state index in [4.69, 9.17) is 4.52 Å². The number of nitrogens with zero attached hydrogens (tertiary/aromatic N) is 3. The van der Waals surface area contributed by atoms with Crippen molar-refractivity contribution >= 4 is 0 Å². The number of aromatic amines is 1. The van der Waals surface area contributed by atoms with Crippen molar-refractivity contribution in [3.63, 3.8) is 0 Å². The summed E-state index contributed by atoms with van der Waals surface area (Å²) in [4.78, 5) is 1.88. The minimum Gasteiger partial charge on any atom is -0.360 e. The highest BCUT2D eigenvalue weighted by atomic mass is 19.4. The van der Waals surface area contributed by atoms with Gasteiger partial charge in [-0.25, -0.2) is 0 Å². The highest BCUT2D eigenvalue weighted by molar-refractivity contribution is 5.29. The van der Waals surface area contributed by atoms with Crippen molar-refractivity contribution in [1.29, 1.82) is 0 Å². The molecule has 0 bridgehead atoms. The Morgan fingerprint density at radius 2 is 2.26 bits per heavy atom. The number of fused-ring (bicyclic) bond motifs is 1. The molecule has 0 aromatic carbocycles. The van der Waals surface area contributed by atoms with Crippen molar-refractivity contribution in [2.75, 3.05) is 6.54 Å². The number of nitrogens with one attached hydrogen (secondary N) is 1.